The Hall–Kier alpha value is -1.60. The maximum absolute atomic E-state index is 12.3. The number of halogens is 3. The maximum atomic E-state index is 12.3. The quantitative estimate of drug-likeness (QED) is 0.801. The van der Waals surface area contributed by atoms with Crippen LogP contribution in [-0.2, 0) is 4.79 Å². The summed E-state index contributed by atoms with van der Waals surface area (Å²) >= 11 is 0. The average molecular weight is 209 g/mol. The molecule has 1 aromatic rings. The highest BCUT2D eigenvalue weighted by molar-refractivity contribution is 5.67. The first-order valence-corrected chi connectivity index (χ1v) is 3.55. The molecule has 1 rings (SSSR count). The van der Waals surface area contributed by atoms with Crippen LogP contribution in [0.25, 0.3) is 0 Å². The van der Waals surface area contributed by atoms with Gasteiger partial charge in [-0.25, -0.2) is 4.68 Å². The molecule has 0 aromatic carbocycles. The first-order chi connectivity index (χ1) is 6.41. The van der Waals surface area contributed by atoms with Crippen molar-refractivity contribution in [2.24, 2.45) is 0 Å². The summed E-state index contributed by atoms with van der Waals surface area (Å²) in [6, 6.07) is -2.16. The van der Waals surface area contributed by atoms with Gasteiger partial charge in [-0.2, -0.15) is 13.2 Å². The summed E-state index contributed by atoms with van der Waals surface area (Å²) in [5.41, 5.74) is 0. The van der Waals surface area contributed by atoms with Crippen molar-refractivity contribution >= 4 is 5.97 Å². The molecule has 0 aliphatic heterocycles. The van der Waals surface area contributed by atoms with Gasteiger partial charge in [0, 0.05) is 6.20 Å². The summed E-state index contributed by atoms with van der Waals surface area (Å²) in [4.78, 5) is 10.2. The second-order valence-electron chi connectivity index (χ2n) is 2.54. The molecule has 14 heavy (non-hydrogen) atoms. The summed E-state index contributed by atoms with van der Waals surface area (Å²) in [6.45, 7) is 0. The van der Waals surface area contributed by atoms with Crippen LogP contribution in [0.5, 0.6) is 0 Å². The van der Waals surface area contributed by atoms with Gasteiger partial charge in [0.05, 0.1) is 12.6 Å². The molecule has 0 fully saturated rings. The first kappa shape index (κ1) is 10.5. The molecule has 1 unspecified atom stereocenters. The van der Waals surface area contributed by atoms with Crippen molar-refractivity contribution in [1.82, 2.24) is 15.0 Å². The average Bonchev–Trinajstić information content (AvgIpc) is 2.49. The number of hydrogen-bond donors (Lipinski definition) is 1. The Labute approximate surface area is 76.1 Å². The van der Waals surface area contributed by atoms with Crippen molar-refractivity contribution < 1.29 is 23.1 Å². The molecule has 5 nitrogen and oxygen atoms in total. The molecular formula is C6H6F3N3O2. The second kappa shape index (κ2) is 3.64. The lowest BCUT2D eigenvalue weighted by Crippen LogP contribution is -2.29. The van der Waals surface area contributed by atoms with Crippen molar-refractivity contribution in [1.29, 1.82) is 0 Å². The number of carboxylic acids is 1. The minimum absolute atomic E-state index is 0.480. The molecule has 0 saturated heterocycles. The zero-order valence-electron chi connectivity index (χ0n) is 6.77. The van der Waals surface area contributed by atoms with Crippen LogP contribution in [0.2, 0.25) is 0 Å². The lowest BCUT2D eigenvalue weighted by Gasteiger charge is -2.17. The van der Waals surface area contributed by atoms with E-state index in [4.69, 9.17) is 5.11 Å². The van der Waals surface area contributed by atoms with E-state index in [9.17, 15) is 18.0 Å². The summed E-state index contributed by atoms with van der Waals surface area (Å²) < 4.78 is 37.4. The SMILES string of the molecule is O=C(O)CC(n1ccnn1)C(F)(F)F. The number of carboxylic acid groups (broad SMARTS) is 1. The Balaban J connectivity index is 2.89. The fraction of sp³-hybridized carbons (Fsp3) is 0.500. The Morgan fingerprint density at radius 1 is 1.57 bits per heavy atom. The second-order valence-corrected chi connectivity index (χ2v) is 2.54. The number of nitrogens with zero attached hydrogens (tertiary/aromatic N) is 3. The zero-order chi connectivity index (χ0) is 10.8. The Morgan fingerprint density at radius 2 is 2.21 bits per heavy atom. The van der Waals surface area contributed by atoms with Gasteiger partial charge in [0.25, 0.3) is 0 Å². The number of hydrogen-bond acceptors (Lipinski definition) is 3. The molecular weight excluding hydrogens is 203 g/mol. The van der Waals surface area contributed by atoms with Crippen LogP contribution in [0.1, 0.15) is 12.5 Å². The number of aromatic nitrogens is 3. The maximum Gasteiger partial charge on any atom is 0.411 e. The van der Waals surface area contributed by atoms with E-state index >= 15 is 0 Å². The van der Waals surface area contributed by atoms with Crippen LogP contribution in [0, 0.1) is 0 Å². The molecule has 0 aliphatic carbocycles. The minimum atomic E-state index is -4.65. The van der Waals surface area contributed by atoms with Gasteiger partial charge in [-0.05, 0) is 0 Å². The molecule has 0 radical (unpaired) electrons. The molecule has 0 spiro atoms. The van der Waals surface area contributed by atoms with Crippen LogP contribution < -0.4 is 0 Å². The molecule has 0 bridgehead atoms. The van der Waals surface area contributed by atoms with E-state index in [2.05, 4.69) is 10.3 Å². The predicted molar refractivity (Wildman–Crippen MR) is 37.4 cm³/mol. The molecule has 78 valence electrons. The molecule has 1 heterocycles. The number of rotatable bonds is 3. The normalized spacial score (nSPS) is 13.9. The predicted octanol–water partition coefficient (Wildman–Crippen LogP) is 0.856. The highest BCUT2D eigenvalue weighted by Gasteiger charge is 2.43. The highest BCUT2D eigenvalue weighted by Crippen LogP contribution is 2.32. The molecule has 1 aromatic heterocycles. The Bertz CT molecular complexity index is 309. The van der Waals surface area contributed by atoms with Crippen molar-refractivity contribution in [3.05, 3.63) is 12.4 Å². The molecule has 8 heteroatoms. The third-order valence-corrected chi connectivity index (χ3v) is 1.51. The van der Waals surface area contributed by atoms with E-state index in [1.165, 1.54) is 0 Å². The van der Waals surface area contributed by atoms with Crippen molar-refractivity contribution in [3.8, 4) is 0 Å². The van der Waals surface area contributed by atoms with E-state index in [0.717, 1.165) is 12.4 Å². The fourth-order valence-corrected chi connectivity index (χ4v) is 0.908. The van der Waals surface area contributed by atoms with Crippen LogP contribution in [0.3, 0.4) is 0 Å². The van der Waals surface area contributed by atoms with Gasteiger partial charge < -0.3 is 5.11 Å². The highest BCUT2D eigenvalue weighted by atomic mass is 19.4. The van der Waals surface area contributed by atoms with Gasteiger partial charge in [-0.3, -0.25) is 4.79 Å². The van der Waals surface area contributed by atoms with E-state index in [1.807, 2.05) is 0 Å². The summed E-state index contributed by atoms with van der Waals surface area (Å²) in [5.74, 6) is -1.54. The number of alkyl halides is 3. The van der Waals surface area contributed by atoms with E-state index in [1.54, 1.807) is 0 Å². The summed E-state index contributed by atoms with van der Waals surface area (Å²) in [5, 5.41) is 14.6. The molecule has 0 aliphatic rings. The summed E-state index contributed by atoms with van der Waals surface area (Å²) in [7, 11) is 0. The van der Waals surface area contributed by atoms with Crippen LogP contribution in [0.15, 0.2) is 12.4 Å². The Kier molecular flexibility index (Phi) is 2.73. The molecule has 0 amide bonds. The fourth-order valence-electron chi connectivity index (χ4n) is 0.908. The zero-order valence-corrected chi connectivity index (χ0v) is 6.77. The van der Waals surface area contributed by atoms with Gasteiger partial charge in [-0.15, -0.1) is 5.10 Å². The lowest BCUT2D eigenvalue weighted by molar-refractivity contribution is -0.179. The number of carbonyl (C=O) groups is 1. The van der Waals surface area contributed by atoms with Crippen molar-refractivity contribution in [2.75, 3.05) is 0 Å². The van der Waals surface area contributed by atoms with Gasteiger partial charge in [0.1, 0.15) is 0 Å². The molecule has 0 saturated carbocycles. The third-order valence-electron chi connectivity index (χ3n) is 1.51. The topological polar surface area (TPSA) is 68.0 Å². The van der Waals surface area contributed by atoms with Crippen LogP contribution in [-0.4, -0.2) is 32.2 Å². The van der Waals surface area contributed by atoms with Gasteiger partial charge >= 0.3 is 12.1 Å². The van der Waals surface area contributed by atoms with Crippen LogP contribution >= 0.6 is 0 Å². The van der Waals surface area contributed by atoms with Crippen LogP contribution in [0.4, 0.5) is 13.2 Å². The van der Waals surface area contributed by atoms with Gasteiger partial charge in [0.15, 0.2) is 6.04 Å². The standard InChI is InChI=1S/C6H6F3N3O2/c7-6(8,9)4(3-5(13)14)12-2-1-10-11-12/h1-2,4H,3H2,(H,13,14). The monoisotopic (exact) mass is 209 g/mol. The van der Waals surface area contributed by atoms with E-state index < -0.39 is 24.6 Å². The molecule has 1 atom stereocenters. The Morgan fingerprint density at radius 3 is 2.57 bits per heavy atom. The smallest absolute Gasteiger partial charge is 0.411 e. The first-order valence-electron chi connectivity index (χ1n) is 3.55. The van der Waals surface area contributed by atoms with Gasteiger partial charge in [-0.1, -0.05) is 5.21 Å². The van der Waals surface area contributed by atoms with E-state index in [-0.39, 0.29) is 0 Å². The van der Waals surface area contributed by atoms with Crippen molar-refractivity contribution in [2.45, 2.75) is 18.6 Å². The number of aliphatic carboxylic acids is 1. The van der Waals surface area contributed by atoms with Gasteiger partial charge in [0.2, 0.25) is 0 Å². The van der Waals surface area contributed by atoms with Crippen molar-refractivity contribution in [3.63, 3.8) is 0 Å². The minimum Gasteiger partial charge on any atom is -0.481 e. The van der Waals surface area contributed by atoms with E-state index in [0.29, 0.717) is 4.68 Å². The summed E-state index contributed by atoms with van der Waals surface area (Å²) in [6.07, 6.45) is -3.68. The lowest BCUT2D eigenvalue weighted by atomic mass is 10.2. The third kappa shape index (κ3) is 2.44. The largest absolute Gasteiger partial charge is 0.481 e. The molecule has 1 N–H and O–H groups in total.